The molecule has 1 aromatic carbocycles. The van der Waals surface area contributed by atoms with E-state index in [1.165, 1.54) is 0 Å². The van der Waals surface area contributed by atoms with Crippen LogP contribution >= 0.6 is 0 Å². The minimum absolute atomic E-state index is 0.134. The van der Waals surface area contributed by atoms with Gasteiger partial charge in [0.05, 0.1) is 11.6 Å². The third kappa shape index (κ3) is 1.05. The molecule has 1 atom stereocenters. The van der Waals surface area contributed by atoms with Crippen LogP contribution in [0, 0.1) is 0 Å². The number of pyridine rings is 1. The molecule has 0 spiro atoms. The zero-order chi connectivity index (χ0) is 10.3. The molecule has 1 heterocycles. The summed E-state index contributed by atoms with van der Waals surface area (Å²) in [5, 5.41) is 0. The van der Waals surface area contributed by atoms with Crippen molar-refractivity contribution in [3.63, 3.8) is 0 Å². The van der Waals surface area contributed by atoms with E-state index in [1.54, 1.807) is 6.20 Å². The van der Waals surface area contributed by atoms with Crippen molar-refractivity contribution in [1.82, 2.24) is 4.98 Å². The van der Waals surface area contributed by atoms with Crippen LogP contribution in [0.4, 0.5) is 0 Å². The molecule has 1 aliphatic rings. The van der Waals surface area contributed by atoms with Gasteiger partial charge in [0.1, 0.15) is 6.29 Å². The van der Waals surface area contributed by atoms with Crippen LogP contribution in [0.2, 0.25) is 0 Å². The number of carbonyl (C=O) groups excluding carboxylic acids is 1. The zero-order valence-corrected chi connectivity index (χ0v) is 8.05. The molecule has 2 heteroatoms. The molecule has 2 nitrogen and oxygen atoms in total. The first kappa shape index (κ1) is 8.36. The Morgan fingerprint density at radius 3 is 2.73 bits per heavy atom. The standard InChI is InChI=1S/C13H9NO/c15-8-12-9-4-1-2-5-10(9)13-11(12)6-3-7-14-13/h1-8,12H. The number of rotatable bonds is 1. The molecular weight excluding hydrogens is 186 g/mol. The lowest BCUT2D eigenvalue weighted by molar-refractivity contribution is -0.108. The van der Waals surface area contributed by atoms with Crippen molar-refractivity contribution in [3.8, 4) is 11.3 Å². The van der Waals surface area contributed by atoms with Gasteiger partial charge in [0.2, 0.25) is 0 Å². The number of hydrogen-bond donors (Lipinski definition) is 0. The van der Waals surface area contributed by atoms with E-state index in [-0.39, 0.29) is 5.92 Å². The highest BCUT2D eigenvalue weighted by Gasteiger charge is 2.28. The molecule has 2 aromatic rings. The molecule has 0 amide bonds. The number of nitrogens with zero attached hydrogens (tertiary/aromatic N) is 1. The summed E-state index contributed by atoms with van der Waals surface area (Å²) in [6.07, 6.45) is 2.76. The van der Waals surface area contributed by atoms with E-state index >= 15 is 0 Å². The van der Waals surface area contributed by atoms with Gasteiger partial charge < -0.3 is 4.79 Å². The van der Waals surface area contributed by atoms with Crippen molar-refractivity contribution in [1.29, 1.82) is 0 Å². The summed E-state index contributed by atoms with van der Waals surface area (Å²) in [5.74, 6) is -0.134. The fraction of sp³-hybridized carbons (Fsp3) is 0.0769. The van der Waals surface area contributed by atoms with Gasteiger partial charge in [-0.15, -0.1) is 0 Å². The Labute approximate surface area is 87.6 Å². The molecule has 0 saturated carbocycles. The number of carbonyl (C=O) groups is 1. The van der Waals surface area contributed by atoms with Crippen LogP contribution in [-0.4, -0.2) is 11.3 Å². The topological polar surface area (TPSA) is 30.0 Å². The molecule has 15 heavy (non-hydrogen) atoms. The highest BCUT2D eigenvalue weighted by Crippen LogP contribution is 2.41. The lowest BCUT2D eigenvalue weighted by atomic mass is 9.99. The summed E-state index contributed by atoms with van der Waals surface area (Å²) in [7, 11) is 0. The fourth-order valence-corrected chi connectivity index (χ4v) is 2.19. The predicted octanol–water partition coefficient (Wildman–Crippen LogP) is 2.39. The van der Waals surface area contributed by atoms with E-state index in [1.807, 2.05) is 36.4 Å². The Kier molecular flexibility index (Phi) is 1.68. The fourth-order valence-electron chi connectivity index (χ4n) is 2.19. The van der Waals surface area contributed by atoms with E-state index in [4.69, 9.17) is 0 Å². The highest BCUT2D eigenvalue weighted by atomic mass is 16.1. The molecule has 0 bridgehead atoms. The molecule has 3 rings (SSSR count). The second-order valence-corrected chi connectivity index (χ2v) is 3.64. The lowest BCUT2D eigenvalue weighted by Gasteiger charge is -2.02. The average molecular weight is 195 g/mol. The van der Waals surface area contributed by atoms with Gasteiger partial charge in [-0.25, -0.2) is 0 Å². The first-order valence-electron chi connectivity index (χ1n) is 4.91. The molecule has 72 valence electrons. The van der Waals surface area contributed by atoms with Crippen molar-refractivity contribution in [3.05, 3.63) is 53.7 Å². The first-order valence-corrected chi connectivity index (χ1v) is 4.91. The Morgan fingerprint density at radius 2 is 1.87 bits per heavy atom. The summed E-state index contributed by atoms with van der Waals surface area (Å²) >= 11 is 0. The summed E-state index contributed by atoms with van der Waals surface area (Å²) in [6, 6.07) is 11.8. The number of aromatic nitrogens is 1. The number of hydrogen-bond acceptors (Lipinski definition) is 2. The highest BCUT2D eigenvalue weighted by molar-refractivity contribution is 5.85. The Bertz CT molecular complexity index is 488. The van der Waals surface area contributed by atoms with Crippen LogP contribution in [0.5, 0.6) is 0 Å². The molecule has 0 fully saturated rings. The first-order chi connectivity index (χ1) is 7.42. The molecule has 1 aromatic heterocycles. The maximum absolute atomic E-state index is 11.1. The van der Waals surface area contributed by atoms with Gasteiger partial charge in [-0.05, 0) is 17.2 Å². The Morgan fingerprint density at radius 1 is 1.07 bits per heavy atom. The van der Waals surface area contributed by atoms with Gasteiger partial charge in [-0.2, -0.15) is 0 Å². The minimum atomic E-state index is -0.134. The van der Waals surface area contributed by atoms with Gasteiger partial charge in [0.15, 0.2) is 0 Å². The van der Waals surface area contributed by atoms with Crippen LogP contribution in [0.1, 0.15) is 17.0 Å². The Hall–Kier alpha value is -1.96. The molecular formula is C13H9NO. The third-order valence-electron chi connectivity index (χ3n) is 2.86. The number of aldehydes is 1. The molecule has 1 unspecified atom stereocenters. The maximum atomic E-state index is 11.1. The largest absolute Gasteiger partial charge is 0.302 e. The van der Waals surface area contributed by atoms with Crippen LogP contribution in [-0.2, 0) is 4.79 Å². The van der Waals surface area contributed by atoms with Crippen molar-refractivity contribution >= 4 is 6.29 Å². The summed E-state index contributed by atoms with van der Waals surface area (Å²) in [5.41, 5.74) is 4.13. The van der Waals surface area contributed by atoms with Gasteiger partial charge in [0, 0.05) is 11.8 Å². The molecule has 0 aliphatic heterocycles. The van der Waals surface area contributed by atoms with Crippen molar-refractivity contribution in [2.75, 3.05) is 0 Å². The van der Waals surface area contributed by atoms with Gasteiger partial charge >= 0.3 is 0 Å². The van der Waals surface area contributed by atoms with Gasteiger partial charge in [-0.3, -0.25) is 4.98 Å². The lowest BCUT2D eigenvalue weighted by Crippen LogP contribution is -1.96. The molecule has 1 aliphatic carbocycles. The van der Waals surface area contributed by atoms with E-state index in [9.17, 15) is 4.79 Å². The predicted molar refractivity (Wildman–Crippen MR) is 57.6 cm³/mol. The van der Waals surface area contributed by atoms with E-state index in [0.717, 1.165) is 28.7 Å². The number of fused-ring (bicyclic) bond motifs is 3. The monoisotopic (exact) mass is 195 g/mol. The van der Waals surface area contributed by atoms with Crippen molar-refractivity contribution < 1.29 is 4.79 Å². The Balaban J connectivity index is 2.35. The van der Waals surface area contributed by atoms with Crippen LogP contribution in [0.15, 0.2) is 42.6 Å². The van der Waals surface area contributed by atoms with Gasteiger partial charge in [0.25, 0.3) is 0 Å². The van der Waals surface area contributed by atoms with E-state index in [0.29, 0.717) is 0 Å². The van der Waals surface area contributed by atoms with Crippen molar-refractivity contribution in [2.45, 2.75) is 5.92 Å². The average Bonchev–Trinajstić information content (AvgIpc) is 2.63. The second kappa shape index (κ2) is 3.02. The number of benzene rings is 1. The summed E-state index contributed by atoms with van der Waals surface area (Å²) in [4.78, 5) is 15.4. The second-order valence-electron chi connectivity index (χ2n) is 3.64. The molecule has 0 radical (unpaired) electrons. The third-order valence-corrected chi connectivity index (χ3v) is 2.86. The van der Waals surface area contributed by atoms with E-state index < -0.39 is 0 Å². The zero-order valence-electron chi connectivity index (χ0n) is 8.05. The quantitative estimate of drug-likeness (QED) is 0.654. The SMILES string of the molecule is O=CC1c2ccccc2-c2ncccc21. The summed E-state index contributed by atoms with van der Waals surface area (Å²) in [6.45, 7) is 0. The van der Waals surface area contributed by atoms with Gasteiger partial charge in [-0.1, -0.05) is 30.3 Å². The summed E-state index contributed by atoms with van der Waals surface area (Å²) < 4.78 is 0. The smallest absolute Gasteiger partial charge is 0.131 e. The molecule has 0 saturated heterocycles. The molecule has 0 N–H and O–H groups in total. The van der Waals surface area contributed by atoms with E-state index in [2.05, 4.69) is 4.98 Å². The van der Waals surface area contributed by atoms with Crippen LogP contribution < -0.4 is 0 Å². The normalized spacial score (nSPS) is 16.9. The van der Waals surface area contributed by atoms with Crippen molar-refractivity contribution in [2.24, 2.45) is 0 Å². The maximum Gasteiger partial charge on any atom is 0.131 e. The van der Waals surface area contributed by atoms with Crippen LogP contribution in [0.25, 0.3) is 11.3 Å². The van der Waals surface area contributed by atoms with Crippen LogP contribution in [0.3, 0.4) is 0 Å². The minimum Gasteiger partial charge on any atom is -0.302 e.